The number of rotatable bonds is 4. The average molecular weight is 334 g/mol. The second kappa shape index (κ2) is 6.93. The van der Waals surface area contributed by atoms with Gasteiger partial charge in [-0.25, -0.2) is 0 Å². The maximum absolute atomic E-state index is 12.5. The fourth-order valence-corrected chi connectivity index (χ4v) is 3.11. The van der Waals surface area contributed by atoms with Crippen LogP contribution in [0, 0.1) is 13.8 Å². The van der Waals surface area contributed by atoms with E-state index >= 15 is 0 Å². The number of amides is 1. The van der Waals surface area contributed by atoms with Gasteiger partial charge in [-0.15, -0.1) is 0 Å². The Morgan fingerprint density at radius 2 is 1.76 bits per heavy atom. The first kappa shape index (κ1) is 17.0. The molecule has 3 rings (SSSR count). The van der Waals surface area contributed by atoms with E-state index in [1.807, 2.05) is 56.3 Å². The van der Waals surface area contributed by atoms with Gasteiger partial charge in [0.2, 0.25) is 5.91 Å². The summed E-state index contributed by atoms with van der Waals surface area (Å²) >= 11 is 0. The SMILES string of the molecule is CCc1ccc(NC(=O)Cn2c(=O)cc(C)c3cccc(C)c32)cc1. The smallest absolute Gasteiger partial charge is 0.251 e. The van der Waals surface area contributed by atoms with Crippen LogP contribution < -0.4 is 10.9 Å². The monoisotopic (exact) mass is 334 g/mol. The Hall–Kier alpha value is -2.88. The van der Waals surface area contributed by atoms with Crippen molar-refractivity contribution >= 4 is 22.5 Å². The second-order valence-electron chi connectivity index (χ2n) is 6.32. The summed E-state index contributed by atoms with van der Waals surface area (Å²) in [7, 11) is 0. The molecular weight excluding hydrogens is 312 g/mol. The van der Waals surface area contributed by atoms with E-state index in [1.54, 1.807) is 10.6 Å². The fraction of sp³-hybridized carbons (Fsp3) is 0.238. The van der Waals surface area contributed by atoms with Gasteiger partial charge in [-0.1, -0.05) is 37.3 Å². The first-order valence-electron chi connectivity index (χ1n) is 8.48. The van der Waals surface area contributed by atoms with Crippen molar-refractivity contribution in [2.24, 2.45) is 0 Å². The number of aryl methyl sites for hydroxylation is 3. The van der Waals surface area contributed by atoms with Gasteiger partial charge >= 0.3 is 0 Å². The number of fused-ring (bicyclic) bond motifs is 1. The van der Waals surface area contributed by atoms with E-state index in [0.29, 0.717) is 0 Å². The quantitative estimate of drug-likeness (QED) is 0.788. The van der Waals surface area contributed by atoms with E-state index in [9.17, 15) is 9.59 Å². The number of carbonyl (C=O) groups excluding carboxylic acids is 1. The molecule has 0 aliphatic heterocycles. The number of hydrogen-bond acceptors (Lipinski definition) is 2. The lowest BCUT2D eigenvalue weighted by Crippen LogP contribution is -2.28. The Bertz CT molecular complexity index is 985. The molecule has 2 aromatic carbocycles. The van der Waals surface area contributed by atoms with Crippen molar-refractivity contribution in [1.29, 1.82) is 0 Å². The molecular formula is C21H22N2O2. The molecule has 0 radical (unpaired) electrons. The lowest BCUT2D eigenvalue weighted by Gasteiger charge is -2.14. The molecule has 0 aliphatic rings. The molecule has 25 heavy (non-hydrogen) atoms. The van der Waals surface area contributed by atoms with E-state index in [0.717, 1.165) is 34.1 Å². The molecule has 0 saturated heterocycles. The lowest BCUT2D eigenvalue weighted by atomic mass is 10.1. The Labute approximate surface area is 147 Å². The molecule has 4 nitrogen and oxygen atoms in total. The Balaban J connectivity index is 1.92. The Morgan fingerprint density at radius 1 is 1.04 bits per heavy atom. The van der Waals surface area contributed by atoms with E-state index in [1.165, 1.54) is 5.56 Å². The highest BCUT2D eigenvalue weighted by atomic mass is 16.2. The van der Waals surface area contributed by atoms with Crippen LogP contribution in [0.1, 0.15) is 23.6 Å². The number of benzene rings is 2. The minimum atomic E-state index is -0.209. The third-order valence-electron chi connectivity index (χ3n) is 4.49. The van der Waals surface area contributed by atoms with Gasteiger partial charge in [0, 0.05) is 17.1 Å². The van der Waals surface area contributed by atoms with Gasteiger partial charge in [-0.2, -0.15) is 0 Å². The van der Waals surface area contributed by atoms with Crippen LogP contribution >= 0.6 is 0 Å². The highest BCUT2D eigenvalue weighted by Gasteiger charge is 2.12. The van der Waals surface area contributed by atoms with Crippen molar-refractivity contribution in [1.82, 2.24) is 4.57 Å². The van der Waals surface area contributed by atoms with Crippen LogP contribution in [-0.4, -0.2) is 10.5 Å². The third kappa shape index (κ3) is 3.48. The maximum Gasteiger partial charge on any atom is 0.251 e. The maximum atomic E-state index is 12.5. The van der Waals surface area contributed by atoms with Gasteiger partial charge < -0.3 is 5.32 Å². The van der Waals surface area contributed by atoms with Gasteiger partial charge in [-0.3, -0.25) is 14.2 Å². The first-order chi connectivity index (χ1) is 12.0. The minimum absolute atomic E-state index is 0.00397. The van der Waals surface area contributed by atoms with Crippen molar-refractivity contribution in [3.8, 4) is 0 Å². The van der Waals surface area contributed by atoms with Crippen LogP contribution in [0.25, 0.3) is 10.9 Å². The molecule has 1 N–H and O–H groups in total. The van der Waals surface area contributed by atoms with E-state index in [4.69, 9.17) is 0 Å². The number of anilines is 1. The molecule has 1 heterocycles. The van der Waals surface area contributed by atoms with Gasteiger partial charge in [0.05, 0.1) is 5.52 Å². The number of nitrogens with one attached hydrogen (secondary N) is 1. The summed E-state index contributed by atoms with van der Waals surface area (Å²) in [5.74, 6) is -0.209. The molecule has 0 saturated carbocycles. The highest BCUT2D eigenvalue weighted by molar-refractivity contribution is 5.92. The Morgan fingerprint density at radius 3 is 2.44 bits per heavy atom. The molecule has 0 bridgehead atoms. The van der Waals surface area contributed by atoms with Crippen molar-refractivity contribution in [3.63, 3.8) is 0 Å². The van der Waals surface area contributed by atoms with Gasteiger partial charge in [0.1, 0.15) is 6.54 Å². The molecule has 0 unspecified atom stereocenters. The average Bonchev–Trinajstić information content (AvgIpc) is 2.59. The van der Waals surface area contributed by atoms with Crippen LogP contribution in [0.3, 0.4) is 0 Å². The van der Waals surface area contributed by atoms with Crippen LogP contribution in [0.15, 0.2) is 53.3 Å². The normalized spacial score (nSPS) is 10.8. The summed E-state index contributed by atoms with van der Waals surface area (Å²) in [6.07, 6.45) is 0.957. The zero-order valence-electron chi connectivity index (χ0n) is 14.8. The van der Waals surface area contributed by atoms with Crippen molar-refractivity contribution in [3.05, 3.63) is 75.6 Å². The van der Waals surface area contributed by atoms with Gasteiger partial charge in [0.15, 0.2) is 0 Å². The topological polar surface area (TPSA) is 51.1 Å². The molecule has 0 fully saturated rings. The number of pyridine rings is 1. The number of nitrogens with zero attached hydrogens (tertiary/aromatic N) is 1. The second-order valence-corrected chi connectivity index (χ2v) is 6.32. The summed E-state index contributed by atoms with van der Waals surface area (Å²) in [5, 5.41) is 3.87. The fourth-order valence-electron chi connectivity index (χ4n) is 3.11. The molecule has 4 heteroatoms. The number of aromatic nitrogens is 1. The van der Waals surface area contributed by atoms with Crippen LogP contribution in [0.2, 0.25) is 0 Å². The van der Waals surface area contributed by atoms with Gasteiger partial charge in [0.25, 0.3) is 5.56 Å². The standard InChI is InChI=1S/C21H22N2O2/c1-4-16-8-10-17(11-9-16)22-19(24)13-23-20(25)12-15(3)18-7-5-6-14(2)21(18)23/h5-12H,4,13H2,1-3H3,(H,22,24). The van der Waals surface area contributed by atoms with E-state index in [2.05, 4.69) is 12.2 Å². The van der Waals surface area contributed by atoms with Crippen molar-refractivity contribution in [2.45, 2.75) is 33.7 Å². The van der Waals surface area contributed by atoms with Crippen molar-refractivity contribution < 1.29 is 4.79 Å². The molecule has 0 atom stereocenters. The molecule has 0 spiro atoms. The predicted octanol–water partition coefficient (Wildman–Crippen LogP) is 3.82. The Kier molecular flexibility index (Phi) is 4.70. The molecule has 3 aromatic rings. The summed E-state index contributed by atoms with van der Waals surface area (Å²) in [6, 6.07) is 15.3. The first-order valence-corrected chi connectivity index (χ1v) is 8.48. The van der Waals surface area contributed by atoms with Gasteiger partial charge in [-0.05, 0) is 49.1 Å². The summed E-state index contributed by atoms with van der Waals surface area (Å²) in [4.78, 5) is 24.9. The molecule has 1 aromatic heterocycles. The summed E-state index contributed by atoms with van der Waals surface area (Å²) in [6.45, 7) is 5.96. The van der Waals surface area contributed by atoms with E-state index < -0.39 is 0 Å². The minimum Gasteiger partial charge on any atom is -0.325 e. The predicted molar refractivity (Wildman–Crippen MR) is 102 cm³/mol. The van der Waals surface area contributed by atoms with Crippen LogP contribution in [0.5, 0.6) is 0 Å². The lowest BCUT2D eigenvalue weighted by molar-refractivity contribution is -0.116. The zero-order valence-corrected chi connectivity index (χ0v) is 14.8. The number of para-hydroxylation sites is 1. The van der Waals surface area contributed by atoms with Crippen LogP contribution in [-0.2, 0) is 17.8 Å². The molecule has 1 amide bonds. The third-order valence-corrected chi connectivity index (χ3v) is 4.49. The molecule has 128 valence electrons. The summed E-state index contributed by atoms with van der Waals surface area (Å²) in [5.41, 5.74) is 4.53. The summed E-state index contributed by atoms with van der Waals surface area (Å²) < 4.78 is 1.55. The van der Waals surface area contributed by atoms with Crippen molar-refractivity contribution in [2.75, 3.05) is 5.32 Å². The van der Waals surface area contributed by atoms with E-state index in [-0.39, 0.29) is 18.0 Å². The largest absolute Gasteiger partial charge is 0.325 e. The number of hydrogen-bond donors (Lipinski definition) is 1. The number of carbonyl (C=O) groups is 1. The van der Waals surface area contributed by atoms with Crippen LogP contribution in [0.4, 0.5) is 5.69 Å². The molecule has 0 aliphatic carbocycles. The highest BCUT2D eigenvalue weighted by Crippen LogP contribution is 2.20. The zero-order chi connectivity index (χ0) is 18.0.